The molecule has 4 aromatic rings. The van der Waals surface area contributed by atoms with E-state index in [1.165, 1.54) is 12.5 Å². The van der Waals surface area contributed by atoms with Crippen LogP contribution in [0, 0.1) is 23.4 Å². The van der Waals surface area contributed by atoms with Gasteiger partial charge < -0.3 is 15.0 Å². The molecule has 1 fully saturated rings. The summed E-state index contributed by atoms with van der Waals surface area (Å²) in [6.45, 7) is 0.625. The predicted octanol–water partition coefficient (Wildman–Crippen LogP) is 6.57. The Labute approximate surface area is 210 Å². The number of H-pyrrole nitrogens is 1. The Kier molecular flexibility index (Phi) is 6.48. The highest BCUT2D eigenvalue weighted by Crippen LogP contribution is 2.35. The maximum atomic E-state index is 15.3. The largest absolute Gasteiger partial charge is 0.416 e. The van der Waals surface area contributed by atoms with Crippen LogP contribution in [0.1, 0.15) is 34.3 Å². The number of alkyl halides is 3. The number of nitrogens with zero attached hydrogens (tertiary/aromatic N) is 2. The van der Waals surface area contributed by atoms with E-state index in [0.717, 1.165) is 31.0 Å². The van der Waals surface area contributed by atoms with Gasteiger partial charge in [0.05, 0.1) is 27.8 Å². The summed E-state index contributed by atoms with van der Waals surface area (Å²) >= 11 is 0.476. The van der Waals surface area contributed by atoms with Crippen molar-refractivity contribution in [2.24, 2.45) is 5.92 Å². The van der Waals surface area contributed by atoms with Gasteiger partial charge in [-0.3, -0.25) is 4.79 Å². The van der Waals surface area contributed by atoms with Crippen LogP contribution in [0.25, 0.3) is 11.0 Å². The smallest absolute Gasteiger partial charge is 0.369 e. The summed E-state index contributed by atoms with van der Waals surface area (Å²) in [7, 11) is 0. The molecule has 0 bridgehead atoms. The Balaban J connectivity index is 1.44. The standard InChI is InChI=1S/C24H17F6N5OS/c25-13-5-12(24(28,29)30)6-14(7-13)37-35-17-4-3-16(26)19(20(17)27)21(36)15-9-32-23-18(15)22(33-10-34-23)31-8-11-1-2-11/h3-7,9-11,35H,1-2,8H2,(H2,31,32,33,34). The number of ketones is 1. The topological polar surface area (TPSA) is 82.7 Å². The van der Waals surface area contributed by atoms with Crippen LogP contribution in [0.2, 0.25) is 0 Å². The quantitative estimate of drug-likeness (QED) is 0.134. The average Bonchev–Trinajstić information content (AvgIpc) is 3.57. The normalized spacial score (nSPS) is 13.7. The van der Waals surface area contributed by atoms with Crippen LogP contribution < -0.4 is 10.0 Å². The number of anilines is 2. The van der Waals surface area contributed by atoms with Crippen LogP contribution in [0.4, 0.5) is 37.8 Å². The van der Waals surface area contributed by atoms with Gasteiger partial charge in [-0.1, -0.05) is 0 Å². The molecule has 0 atom stereocenters. The van der Waals surface area contributed by atoms with E-state index < -0.39 is 40.5 Å². The maximum Gasteiger partial charge on any atom is 0.416 e. The Bertz CT molecular complexity index is 1500. The summed E-state index contributed by atoms with van der Waals surface area (Å²) < 4.78 is 85.1. The fourth-order valence-electron chi connectivity index (χ4n) is 3.71. The van der Waals surface area contributed by atoms with Gasteiger partial charge in [0.15, 0.2) is 5.82 Å². The van der Waals surface area contributed by atoms with Crippen LogP contribution >= 0.6 is 11.9 Å². The molecule has 1 aliphatic rings. The Morgan fingerprint density at radius 2 is 1.89 bits per heavy atom. The minimum absolute atomic E-state index is 0.0588. The van der Waals surface area contributed by atoms with Crippen molar-refractivity contribution in [3.05, 3.63) is 77.0 Å². The number of carbonyl (C=O) groups is 1. The zero-order valence-corrected chi connectivity index (χ0v) is 19.5. The minimum atomic E-state index is -4.78. The minimum Gasteiger partial charge on any atom is -0.369 e. The lowest BCUT2D eigenvalue weighted by atomic mass is 10.0. The number of rotatable bonds is 8. The number of hydrogen-bond donors (Lipinski definition) is 3. The van der Waals surface area contributed by atoms with Crippen LogP contribution in [0.3, 0.4) is 0 Å². The first-order valence-electron chi connectivity index (χ1n) is 11.0. The number of nitrogens with one attached hydrogen (secondary N) is 3. The lowest BCUT2D eigenvalue weighted by Gasteiger charge is -2.12. The molecule has 0 radical (unpaired) electrons. The van der Waals surface area contributed by atoms with Crippen molar-refractivity contribution in [1.29, 1.82) is 0 Å². The molecule has 37 heavy (non-hydrogen) atoms. The number of halogens is 6. The average molecular weight is 537 g/mol. The van der Waals surface area contributed by atoms with Crippen molar-refractivity contribution in [2.75, 3.05) is 16.6 Å². The summed E-state index contributed by atoms with van der Waals surface area (Å²) in [5.41, 5.74) is -2.24. The van der Waals surface area contributed by atoms with E-state index in [1.54, 1.807) is 0 Å². The molecular weight excluding hydrogens is 520 g/mol. The molecule has 1 saturated carbocycles. The fraction of sp³-hybridized carbons (Fsp3) is 0.208. The molecule has 13 heteroatoms. The molecule has 1 aliphatic carbocycles. The van der Waals surface area contributed by atoms with Gasteiger partial charge in [0, 0.05) is 17.6 Å². The van der Waals surface area contributed by atoms with E-state index in [9.17, 15) is 26.7 Å². The second kappa shape index (κ2) is 9.61. The van der Waals surface area contributed by atoms with Gasteiger partial charge in [0.25, 0.3) is 0 Å². The fourth-order valence-corrected chi connectivity index (χ4v) is 4.46. The highest BCUT2D eigenvalue weighted by molar-refractivity contribution is 8.00. The summed E-state index contributed by atoms with van der Waals surface area (Å²) in [5.74, 6) is -3.68. The number of aromatic nitrogens is 3. The van der Waals surface area contributed by atoms with Gasteiger partial charge in [-0.25, -0.2) is 23.1 Å². The first-order valence-corrected chi connectivity index (χ1v) is 11.8. The Morgan fingerprint density at radius 3 is 2.62 bits per heavy atom. The molecule has 2 heterocycles. The molecule has 3 N–H and O–H groups in total. The van der Waals surface area contributed by atoms with Gasteiger partial charge in [-0.2, -0.15) is 13.2 Å². The summed E-state index contributed by atoms with van der Waals surface area (Å²) in [4.78, 5) is 24.1. The third kappa shape index (κ3) is 5.22. The first kappa shape index (κ1) is 24.9. The molecule has 0 saturated heterocycles. The molecule has 0 spiro atoms. The molecule has 2 aromatic carbocycles. The van der Waals surface area contributed by atoms with Gasteiger partial charge in [-0.15, -0.1) is 0 Å². The number of carbonyl (C=O) groups excluding carboxylic acids is 1. The Hall–Kier alpha value is -3.74. The molecule has 5 rings (SSSR count). The van der Waals surface area contributed by atoms with Crippen LogP contribution in [0.5, 0.6) is 0 Å². The highest BCUT2D eigenvalue weighted by Gasteiger charge is 2.32. The number of fused-ring (bicyclic) bond motifs is 1. The third-order valence-corrected chi connectivity index (χ3v) is 6.56. The monoisotopic (exact) mass is 537 g/mol. The van der Waals surface area contributed by atoms with Gasteiger partial charge in [0.1, 0.15) is 29.4 Å². The number of hydrogen-bond acceptors (Lipinski definition) is 6. The molecule has 192 valence electrons. The van der Waals surface area contributed by atoms with Crippen molar-refractivity contribution < 1.29 is 31.1 Å². The van der Waals surface area contributed by atoms with E-state index in [-0.39, 0.29) is 21.5 Å². The lowest BCUT2D eigenvalue weighted by Crippen LogP contribution is -2.11. The molecular formula is C24H17F6N5OS. The molecule has 2 aromatic heterocycles. The zero-order valence-electron chi connectivity index (χ0n) is 18.7. The van der Waals surface area contributed by atoms with E-state index in [1.807, 2.05) is 0 Å². The van der Waals surface area contributed by atoms with Gasteiger partial charge in [0.2, 0.25) is 5.78 Å². The van der Waals surface area contributed by atoms with E-state index in [4.69, 9.17) is 0 Å². The number of aromatic amines is 1. The summed E-state index contributed by atoms with van der Waals surface area (Å²) in [5, 5.41) is 3.42. The number of benzene rings is 2. The van der Waals surface area contributed by atoms with Crippen molar-refractivity contribution >= 4 is 40.3 Å². The van der Waals surface area contributed by atoms with E-state index in [2.05, 4.69) is 25.0 Å². The second-order valence-electron chi connectivity index (χ2n) is 8.46. The molecule has 6 nitrogen and oxygen atoms in total. The van der Waals surface area contributed by atoms with Gasteiger partial charge in [-0.05, 0) is 61.0 Å². The summed E-state index contributed by atoms with van der Waals surface area (Å²) in [6.07, 6.45) is -0.0679. The van der Waals surface area contributed by atoms with Gasteiger partial charge >= 0.3 is 6.18 Å². The van der Waals surface area contributed by atoms with Crippen LogP contribution in [-0.4, -0.2) is 27.3 Å². The zero-order chi connectivity index (χ0) is 26.3. The van der Waals surface area contributed by atoms with Crippen molar-refractivity contribution in [1.82, 2.24) is 15.0 Å². The first-order chi connectivity index (χ1) is 17.6. The molecule has 0 amide bonds. The van der Waals surface area contributed by atoms with E-state index in [0.29, 0.717) is 48.0 Å². The lowest BCUT2D eigenvalue weighted by molar-refractivity contribution is -0.137. The maximum absolute atomic E-state index is 15.3. The van der Waals surface area contributed by atoms with Crippen molar-refractivity contribution in [3.8, 4) is 0 Å². The summed E-state index contributed by atoms with van der Waals surface area (Å²) in [6, 6.07) is 3.67. The third-order valence-electron chi connectivity index (χ3n) is 5.77. The van der Waals surface area contributed by atoms with E-state index >= 15 is 4.39 Å². The van der Waals surface area contributed by atoms with Crippen molar-refractivity contribution in [2.45, 2.75) is 23.9 Å². The SMILES string of the molecule is O=C(c1c(F)ccc(NSc2cc(F)cc(C(F)(F)F)c2)c1F)c1c[nH]c2ncnc(NCC3CC3)c12. The second-order valence-corrected chi connectivity index (χ2v) is 9.34. The van der Waals surface area contributed by atoms with Crippen LogP contribution in [0.15, 0.2) is 47.8 Å². The molecule has 0 unspecified atom stereocenters. The highest BCUT2D eigenvalue weighted by atomic mass is 32.2. The predicted molar refractivity (Wildman–Crippen MR) is 126 cm³/mol. The van der Waals surface area contributed by atoms with Crippen molar-refractivity contribution in [3.63, 3.8) is 0 Å². The Morgan fingerprint density at radius 1 is 1.11 bits per heavy atom. The molecule has 0 aliphatic heterocycles. The van der Waals surface area contributed by atoms with Crippen LogP contribution in [-0.2, 0) is 6.18 Å².